The summed E-state index contributed by atoms with van der Waals surface area (Å²) in [5, 5.41) is 8.68. The highest BCUT2D eigenvalue weighted by molar-refractivity contribution is 5.74. The minimum Gasteiger partial charge on any atom is -0.497 e. The first-order valence-corrected chi connectivity index (χ1v) is 7.94. The molecule has 0 atom stereocenters. The molecule has 5 heteroatoms. The fourth-order valence-corrected chi connectivity index (χ4v) is 2.47. The van der Waals surface area contributed by atoms with Crippen molar-refractivity contribution in [3.8, 4) is 5.75 Å². The molecule has 2 aromatic rings. The minimum absolute atomic E-state index is 0.249. The number of carbonyl (C=O) groups is 1. The standard InChI is InChI=1S/C19H24N2O3/c1-15-3-5-16(6-4-15)13-21(12-11-19(22)20-23)14-17-7-9-18(24-2)10-8-17/h3-10,23H,11-14H2,1-2H3,(H,20,22). The summed E-state index contributed by atoms with van der Waals surface area (Å²) in [5.41, 5.74) is 5.25. The van der Waals surface area contributed by atoms with Crippen molar-refractivity contribution in [2.45, 2.75) is 26.4 Å². The van der Waals surface area contributed by atoms with E-state index in [4.69, 9.17) is 9.94 Å². The summed E-state index contributed by atoms with van der Waals surface area (Å²) in [7, 11) is 1.65. The highest BCUT2D eigenvalue weighted by Gasteiger charge is 2.10. The zero-order chi connectivity index (χ0) is 17.4. The van der Waals surface area contributed by atoms with E-state index in [-0.39, 0.29) is 12.3 Å². The number of amides is 1. The van der Waals surface area contributed by atoms with Gasteiger partial charge in [-0.2, -0.15) is 0 Å². The van der Waals surface area contributed by atoms with Crippen LogP contribution >= 0.6 is 0 Å². The van der Waals surface area contributed by atoms with Crippen molar-refractivity contribution in [1.29, 1.82) is 0 Å². The molecule has 0 saturated carbocycles. The Morgan fingerprint density at radius 3 is 2.08 bits per heavy atom. The van der Waals surface area contributed by atoms with Crippen molar-refractivity contribution >= 4 is 5.91 Å². The molecule has 0 saturated heterocycles. The van der Waals surface area contributed by atoms with Crippen LogP contribution in [0, 0.1) is 6.92 Å². The Bertz CT molecular complexity index is 639. The van der Waals surface area contributed by atoms with Crippen molar-refractivity contribution < 1.29 is 14.7 Å². The van der Waals surface area contributed by atoms with Gasteiger partial charge in [-0.25, -0.2) is 5.48 Å². The third-order valence-corrected chi connectivity index (χ3v) is 3.87. The number of ether oxygens (including phenoxy) is 1. The number of aryl methyl sites for hydroxylation is 1. The molecule has 2 aromatic carbocycles. The van der Waals surface area contributed by atoms with Crippen LogP contribution < -0.4 is 10.2 Å². The summed E-state index contributed by atoms with van der Waals surface area (Å²) in [5.74, 6) is 0.446. The monoisotopic (exact) mass is 328 g/mol. The van der Waals surface area contributed by atoms with E-state index in [0.29, 0.717) is 6.54 Å². The SMILES string of the molecule is COc1ccc(CN(CCC(=O)NO)Cc2ccc(C)cc2)cc1. The summed E-state index contributed by atoms with van der Waals surface area (Å²) in [6, 6.07) is 16.3. The van der Waals surface area contributed by atoms with E-state index in [0.717, 1.165) is 24.4 Å². The molecule has 0 aliphatic heterocycles. The first kappa shape index (κ1) is 18.0. The Balaban J connectivity index is 2.05. The molecule has 0 spiro atoms. The zero-order valence-corrected chi connectivity index (χ0v) is 14.2. The van der Waals surface area contributed by atoms with Gasteiger partial charge >= 0.3 is 0 Å². The van der Waals surface area contributed by atoms with Crippen LogP contribution in [0.4, 0.5) is 0 Å². The van der Waals surface area contributed by atoms with Crippen molar-refractivity contribution in [2.24, 2.45) is 0 Å². The summed E-state index contributed by atoms with van der Waals surface area (Å²) < 4.78 is 5.18. The molecule has 0 bridgehead atoms. The van der Waals surface area contributed by atoms with Crippen LogP contribution in [0.1, 0.15) is 23.1 Å². The van der Waals surface area contributed by atoms with Crippen molar-refractivity contribution in [3.63, 3.8) is 0 Å². The molecule has 0 aliphatic rings. The Kier molecular flexibility index (Phi) is 6.78. The summed E-state index contributed by atoms with van der Waals surface area (Å²) in [6.45, 7) is 4.08. The number of hydroxylamine groups is 1. The molecular weight excluding hydrogens is 304 g/mol. The lowest BCUT2D eigenvalue weighted by Gasteiger charge is -2.22. The van der Waals surface area contributed by atoms with Gasteiger partial charge in [-0.05, 0) is 30.2 Å². The fraction of sp³-hybridized carbons (Fsp3) is 0.316. The topological polar surface area (TPSA) is 61.8 Å². The van der Waals surface area contributed by atoms with E-state index in [1.165, 1.54) is 11.1 Å². The van der Waals surface area contributed by atoms with E-state index in [2.05, 4.69) is 36.1 Å². The van der Waals surface area contributed by atoms with E-state index < -0.39 is 0 Å². The molecule has 0 aromatic heterocycles. The first-order valence-electron chi connectivity index (χ1n) is 7.94. The van der Waals surface area contributed by atoms with Gasteiger partial charge in [0.05, 0.1) is 7.11 Å². The van der Waals surface area contributed by atoms with E-state index in [1.54, 1.807) is 12.6 Å². The van der Waals surface area contributed by atoms with Gasteiger partial charge in [-0.3, -0.25) is 14.9 Å². The quantitative estimate of drug-likeness (QED) is 0.578. The molecule has 0 aliphatic carbocycles. The fourth-order valence-electron chi connectivity index (χ4n) is 2.47. The molecule has 1 amide bonds. The van der Waals surface area contributed by atoms with E-state index in [9.17, 15) is 4.79 Å². The van der Waals surface area contributed by atoms with Crippen LogP contribution in [0.15, 0.2) is 48.5 Å². The number of nitrogens with one attached hydrogen (secondary N) is 1. The highest BCUT2D eigenvalue weighted by atomic mass is 16.5. The number of hydrogen-bond acceptors (Lipinski definition) is 4. The van der Waals surface area contributed by atoms with Gasteiger partial charge in [-0.1, -0.05) is 42.0 Å². The molecule has 24 heavy (non-hydrogen) atoms. The lowest BCUT2D eigenvalue weighted by atomic mass is 10.1. The Morgan fingerprint density at radius 2 is 1.58 bits per heavy atom. The average Bonchev–Trinajstić information content (AvgIpc) is 2.62. The van der Waals surface area contributed by atoms with Crippen LogP contribution in [-0.2, 0) is 17.9 Å². The molecular formula is C19H24N2O3. The smallest absolute Gasteiger partial charge is 0.244 e. The molecule has 5 nitrogen and oxygen atoms in total. The number of carbonyl (C=O) groups excluding carboxylic acids is 1. The predicted molar refractivity (Wildman–Crippen MR) is 92.8 cm³/mol. The number of rotatable bonds is 8. The highest BCUT2D eigenvalue weighted by Crippen LogP contribution is 2.15. The van der Waals surface area contributed by atoms with E-state index in [1.807, 2.05) is 24.3 Å². The first-order chi connectivity index (χ1) is 11.6. The molecule has 0 fully saturated rings. The third kappa shape index (κ3) is 5.68. The molecule has 2 rings (SSSR count). The van der Waals surface area contributed by atoms with Gasteiger partial charge in [0.25, 0.3) is 0 Å². The molecule has 0 heterocycles. The van der Waals surface area contributed by atoms with Gasteiger partial charge in [0, 0.05) is 26.1 Å². The third-order valence-electron chi connectivity index (χ3n) is 3.87. The molecule has 0 radical (unpaired) electrons. The number of methoxy groups -OCH3 is 1. The van der Waals surface area contributed by atoms with E-state index >= 15 is 0 Å². The predicted octanol–water partition coefficient (Wildman–Crippen LogP) is 2.90. The number of hydrogen-bond donors (Lipinski definition) is 2. The Labute approximate surface area is 142 Å². The van der Waals surface area contributed by atoms with Crippen molar-refractivity contribution in [2.75, 3.05) is 13.7 Å². The number of nitrogens with zero attached hydrogens (tertiary/aromatic N) is 1. The molecule has 0 unspecified atom stereocenters. The lowest BCUT2D eigenvalue weighted by Crippen LogP contribution is -2.29. The summed E-state index contributed by atoms with van der Waals surface area (Å²) in [6.07, 6.45) is 0.249. The largest absolute Gasteiger partial charge is 0.497 e. The lowest BCUT2D eigenvalue weighted by molar-refractivity contribution is -0.129. The zero-order valence-electron chi connectivity index (χ0n) is 14.2. The van der Waals surface area contributed by atoms with Crippen molar-refractivity contribution in [3.05, 3.63) is 65.2 Å². The maximum Gasteiger partial charge on any atom is 0.244 e. The van der Waals surface area contributed by atoms with Gasteiger partial charge in [0.2, 0.25) is 5.91 Å². The van der Waals surface area contributed by atoms with Crippen LogP contribution in [0.3, 0.4) is 0 Å². The van der Waals surface area contributed by atoms with Crippen LogP contribution in [0.2, 0.25) is 0 Å². The van der Waals surface area contributed by atoms with Gasteiger partial charge < -0.3 is 4.74 Å². The summed E-state index contributed by atoms with van der Waals surface area (Å²) >= 11 is 0. The van der Waals surface area contributed by atoms with Crippen LogP contribution in [0.5, 0.6) is 5.75 Å². The Morgan fingerprint density at radius 1 is 1.04 bits per heavy atom. The second-order valence-electron chi connectivity index (χ2n) is 5.83. The molecule has 128 valence electrons. The average molecular weight is 328 g/mol. The minimum atomic E-state index is -0.376. The van der Waals surface area contributed by atoms with Crippen molar-refractivity contribution in [1.82, 2.24) is 10.4 Å². The van der Waals surface area contributed by atoms with Gasteiger partial charge in [0.15, 0.2) is 0 Å². The summed E-state index contributed by atoms with van der Waals surface area (Å²) in [4.78, 5) is 13.5. The van der Waals surface area contributed by atoms with Gasteiger partial charge in [-0.15, -0.1) is 0 Å². The number of benzene rings is 2. The van der Waals surface area contributed by atoms with Gasteiger partial charge in [0.1, 0.15) is 5.75 Å². The maximum absolute atomic E-state index is 11.3. The second kappa shape index (κ2) is 9.05. The normalized spacial score (nSPS) is 10.7. The molecule has 2 N–H and O–H groups in total. The Hall–Kier alpha value is -2.37. The van der Waals surface area contributed by atoms with Crippen LogP contribution in [0.25, 0.3) is 0 Å². The second-order valence-corrected chi connectivity index (χ2v) is 5.83. The van der Waals surface area contributed by atoms with Crippen LogP contribution in [-0.4, -0.2) is 29.7 Å². The maximum atomic E-state index is 11.3.